The van der Waals surface area contributed by atoms with E-state index in [1.54, 1.807) is 20.8 Å². The Morgan fingerprint density at radius 2 is 1.64 bits per heavy atom. The molecule has 0 aliphatic rings. The summed E-state index contributed by atoms with van der Waals surface area (Å²) in [6.07, 6.45) is -0.893. The van der Waals surface area contributed by atoms with E-state index in [-0.39, 0.29) is 16.5 Å². The molecule has 1 aromatic heterocycles. The SMILES string of the molecule is C[C@@H](NC(=O)OC(C)(C)C)C(=O)NS(=O)(=O)c1ccc(Nc2nc(N)n(C(=O)c3c(F)cccc3F)n2)cc1. The highest BCUT2D eigenvalue weighted by Crippen LogP contribution is 2.20. The molecule has 2 aromatic carbocycles. The van der Waals surface area contributed by atoms with Crippen molar-refractivity contribution in [3.05, 3.63) is 59.7 Å². The van der Waals surface area contributed by atoms with Gasteiger partial charge in [0.2, 0.25) is 11.9 Å². The number of anilines is 3. The highest BCUT2D eigenvalue weighted by Gasteiger charge is 2.26. The summed E-state index contributed by atoms with van der Waals surface area (Å²) in [6, 6.07) is 6.60. The van der Waals surface area contributed by atoms with Crippen molar-refractivity contribution in [2.75, 3.05) is 11.1 Å². The Hall–Kier alpha value is -4.60. The third-order valence-corrected chi connectivity index (χ3v) is 6.15. The number of nitrogen functional groups attached to an aromatic ring is 1. The molecule has 0 fully saturated rings. The number of nitrogens with one attached hydrogen (secondary N) is 3. The highest BCUT2D eigenvalue weighted by atomic mass is 32.2. The van der Waals surface area contributed by atoms with Crippen LogP contribution < -0.4 is 21.1 Å². The molecular weight excluding hydrogens is 540 g/mol. The zero-order chi connectivity index (χ0) is 29.1. The molecule has 1 heterocycles. The number of sulfonamides is 1. The summed E-state index contributed by atoms with van der Waals surface area (Å²) >= 11 is 0. The van der Waals surface area contributed by atoms with Crippen LogP contribution in [0.15, 0.2) is 47.4 Å². The highest BCUT2D eigenvalue weighted by molar-refractivity contribution is 7.90. The summed E-state index contributed by atoms with van der Waals surface area (Å²) < 4.78 is 60.5. The summed E-state index contributed by atoms with van der Waals surface area (Å²) in [7, 11) is -4.31. The second-order valence-electron chi connectivity index (χ2n) is 9.09. The number of rotatable bonds is 7. The minimum absolute atomic E-state index is 0.219. The maximum Gasteiger partial charge on any atom is 0.408 e. The average Bonchev–Trinajstić information content (AvgIpc) is 3.17. The molecule has 39 heavy (non-hydrogen) atoms. The zero-order valence-electron chi connectivity index (χ0n) is 21.2. The normalized spacial score (nSPS) is 12.4. The lowest BCUT2D eigenvalue weighted by Crippen LogP contribution is -2.47. The smallest absolute Gasteiger partial charge is 0.408 e. The van der Waals surface area contributed by atoms with Crippen molar-refractivity contribution in [3.8, 4) is 0 Å². The molecule has 2 amide bonds. The van der Waals surface area contributed by atoms with E-state index in [2.05, 4.69) is 20.7 Å². The predicted octanol–water partition coefficient (Wildman–Crippen LogP) is 2.29. The number of carbonyl (C=O) groups excluding carboxylic acids is 3. The molecule has 0 saturated carbocycles. The molecule has 0 radical (unpaired) electrons. The van der Waals surface area contributed by atoms with Gasteiger partial charge in [-0.15, -0.1) is 5.10 Å². The van der Waals surface area contributed by atoms with Crippen LogP contribution in [-0.4, -0.2) is 52.7 Å². The van der Waals surface area contributed by atoms with Crippen molar-refractivity contribution in [3.63, 3.8) is 0 Å². The predicted molar refractivity (Wildman–Crippen MR) is 134 cm³/mol. The Bertz CT molecular complexity index is 1500. The lowest BCUT2D eigenvalue weighted by Gasteiger charge is -2.21. The van der Waals surface area contributed by atoms with Crippen molar-refractivity contribution in [2.24, 2.45) is 0 Å². The fraction of sp³-hybridized carbons (Fsp3) is 0.261. The van der Waals surface area contributed by atoms with Crippen LogP contribution in [0.5, 0.6) is 0 Å². The Morgan fingerprint density at radius 1 is 1.05 bits per heavy atom. The molecule has 13 nitrogen and oxygen atoms in total. The fourth-order valence-electron chi connectivity index (χ4n) is 3.01. The van der Waals surface area contributed by atoms with Gasteiger partial charge in [-0.2, -0.15) is 9.67 Å². The Morgan fingerprint density at radius 3 is 2.21 bits per heavy atom. The van der Waals surface area contributed by atoms with Gasteiger partial charge in [-0.25, -0.2) is 26.7 Å². The number of aromatic nitrogens is 3. The van der Waals surface area contributed by atoms with Crippen LogP contribution in [0, 0.1) is 11.6 Å². The van der Waals surface area contributed by atoms with Gasteiger partial charge < -0.3 is 21.1 Å². The minimum atomic E-state index is -4.31. The topological polar surface area (TPSA) is 187 Å². The number of nitrogens with two attached hydrogens (primary N) is 1. The van der Waals surface area contributed by atoms with E-state index < -0.39 is 62.7 Å². The Kier molecular flexibility index (Phi) is 8.19. The van der Waals surface area contributed by atoms with Gasteiger partial charge >= 0.3 is 6.09 Å². The van der Waals surface area contributed by atoms with E-state index >= 15 is 0 Å². The average molecular weight is 566 g/mol. The van der Waals surface area contributed by atoms with E-state index in [1.165, 1.54) is 19.1 Å². The molecule has 0 unspecified atom stereocenters. The maximum absolute atomic E-state index is 14.0. The van der Waals surface area contributed by atoms with E-state index in [0.717, 1.165) is 30.3 Å². The lowest BCUT2D eigenvalue weighted by atomic mass is 10.2. The number of hydrogen-bond donors (Lipinski definition) is 4. The van der Waals surface area contributed by atoms with Crippen LogP contribution >= 0.6 is 0 Å². The molecular formula is C23H25F2N7O6S. The summed E-state index contributed by atoms with van der Waals surface area (Å²) in [5.41, 5.74) is 4.25. The molecule has 0 aliphatic heterocycles. The summed E-state index contributed by atoms with van der Waals surface area (Å²) in [5.74, 6) is -5.07. The van der Waals surface area contributed by atoms with E-state index in [1.807, 2.05) is 4.72 Å². The Labute approximate surface area is 221 Å². The molecule has 1 atom stereocenters. The lowest BCUT2D eigenvalue weighted by molar-refractivity contribution is -0.121. The van der Waals surface area contributed by atoms with Gasteiger partial charge in [0, 0.05) is 5.69 Å². The number of halogens is 2. The maximum atomic E-state index is 14.0. The van der Waals surface area contributed by atoms with Gasteiger partial charge in [-0.1, -0.05) is 6.07 Å². The minimum Gasteiger partial charge on any atom is -0.444 e. The van der Waals surface area contributed by atoms with Crippen LogP contribution in [0.1, 0.15) is 38.1 Å². The van der Waals surface area contributed by atoms with Crippen molar-refractivity contribution in [1.82, 2.24) is 24.8 Å². The standard InChI is InChI=1S/C23H25F2N7O6S/c1-12(27-22(35)38-23(2,3)4)18(33)31-39(36,37)14-10-8-13(9-11-14)28-21-29-20(26)32(30-21)19(34)17-15(24)6-5-7-16(17)25/h5-12H,1-4H3,(H,27,35)(H,31,33)(H3,26,28,29,30)/t12-/m1/s1. The number of alkyl carbamates (subject to hydrolysis) is 1. The third-order valence-electron chi connectivity index (χ3n) is 4.78. The van der Waals surface area contributed by atoms with Crippen molar-refractivity contribution < 1.29 is 36.3 Å². The van der Waals surface area contributed by atoms with E-state index in [4.69, 9.17) is 10.5 Å². The molecule has 0 aliphatic carbocycles. The number of carbonyl (C=O) groups is 3. The largest absolute Gasteiger partial charge is 0.444 e. The van der Waals surface area contributed by atoms with Crippen LogP contribution in [0.4, 0.5) is 31.2 Å². The quantitative estimate of drug-likeness (QED) is 0.331. The summed E-state index contributed by atoms with van der Waals surface area (Å²) in [6.45, 7) is 6.17. The first-order chi connectivity index (χ1) is 18.1. The van der Waals surface area contributed by atoms with E-state index in [0.29, 0.717) is 4.68 Å². The van der Waals surface area contributed by atoms with Crippen LogP contribution in [0.3, 0.4) is 0 Å². The van der Waals surface area contributed by atoms with Crippen molar-refractivity contribution in [1.29, 1.82) is 0 Å². The zero-order valence-corrected chi connectivity index (χ0v) is 22.0. The van der Waals surface area contributed by atoms with Gasteiger partial charge in [0.25, 0.3) is 21.8 Å². The van der Waals surface area contributed by atoms with Gasteiger partial charge in [0.15, 0.2) is 0 Å². The van der Waals surface area contributed by atoms with Gasteiger partial charge in [-0.05, 0) is 64.1 Å². The van der Waals surface area contributed by atoms with Gasteiger partial charge in [0.05, 0.1) is 4.90 Å². The van der Waals surface area contributed by atoms with E-state index in [9.17, 15) is 31.6 Å². The summed E-state index contributed by atoms with van der Waals surface area (Å²) in [4.78, 5) is 40.2. The fourth-order valence-corrected chi connectivity index (χ4v) is 4.06. The molecule has 0 saturated heterocycles. The molecule has 0 spiro atoms. The van der Waals surface area contributed by atoms with Crippen LogP contribution in [0.2, 0.25) is 0 Å². The second-order valence-corrected chi connectivity index (χ2v) is 10.8. The van der Waals surface area contributed by atoms with Crippen molar-refractivity contribution in [2.45, 2.75) is 44.2 Å². The van der Waals surface area contributed by atoms with Crippen molar-refractivity contribution >= 4 is 45.5 Å². The number of nitrogens with zero attached hydrogens (tertiary/aromatic N) is 3. The first kappa shape index (κ1) is 29.0. The molecule has 208 valence electrons. The first-order valence-electron chi connectivity index (χ1n) is 11.2. The van der Waals surface area contributed by atoms with Gasteiger partial charge in [0.1, 0.15) is 28.8 Å². The molecule has 0 bridgehead atoms. The summed E-state index contributed by atoms with van der Waals surface area (Å²) in [5, 5.41) is 8.72. The third kappa shape index (κ3) is 7.25. The van der Waals surface area contributed by atoms with Crippen LogP contribution in [0.25, 0.3) is 0 Å². The molecule has 3 aromatic rings. The Balaban J connectivity index is 1.68. The molecule has 16 heteroatoms. The number of amides is 2. The number of benzene rings is 2. The van der Waals surface area contributed by atoms with Gasteiger partial charge in [-0.3, -0.25) is 9.59 Å². The van der Waals surface area contributed by atoms with Crippen LogP contribution in [-0.2, 0) is 19.6 Å². The molecule has 3 rings (SSSR count). The number of ether oxygens (including phenoxy) is 1. The molecule has 5 N–H and O–H groups in total. The second kappa shape index (κ2) is 11.0. The monoisotopic (exact) mass is 565 g/mol. The number of hydrogen-bond acceptors (Lipinski definition) is 10. The first-order valence-corrected chi connectivity index (χ1v) is 12.7.